The summed E-state index contributed by atoms with van der Waals surface area (Å²) >= 11 is 0. The second-order valence-corrected chi connectivity index (χ2v) is 6.40. The van der Waals surface area contributed by atoms with Gasteiger partial charge >= 0.3 is 0 Å². The number of nitrogens with one attached hydrogen (secondary N) is 2. The summed E-state index contributed by atoms with van der Waals surface area (Å²) < 4.78 is 13.0. The van der Waals surface area contributed by atoms with Crippen LogP contribution in [0.4, 0.5) is 10.1 Å². The van der Waals surface area contributed by atoms with Crippen molar-refractivity contribution < 1.29 is 18.9 Å². The molecule has 1 saturated carbocycles. The van der Waals surface area contributed by atoms with Crippen LogP contribution in [-0.4, -0.2) is 24.4 Å². The zero-order valence-corrected chi connectivity index (χ0v) is 13.8. The molecule has 3 rings (SSSR count). The van der Waals surface area contributed by atoms with Crippen LogP contribution in [0.25, 0.3) is 0 Å². The van der Waals surface area contributed by atoms with Crippen molar-refractivity contribution in [1.29, 1.82) is 0 Å². The highest BCUT2D eigenvalue weighted by molar-refractivity contribution is 5.95. The Morgan fingerprint density at radius 3 is 2.28 bits per heavy atom. The van der Waals surface area contributed by atoms with Gasteiger partial charge in [0, 0.05) is 29.7 Å². The number of halogens is 1. The molecule has 1 unspecified atom stereocenters. The molecule has 1 aliphatic carbocycles. The molecule has 25 heavy (non-hydrogen) atoms. The molecule has 2 aromatic rings. The van der Waals surface area contributed by atoms with E-state index in [1.165, 1.54) is 17.0 Å². The summed E-state index contributed by atoms with van der Waals surface area (Å²) in [6, 6.07) is 13.4. The molecule has 2 aromatic carbocycles. The number of carbonyl (C=O) groups is 2. The minimum Gasteiger partial charge on any atom is -0.366 e. The van der Waals surface area contributed by atoms with Gasteiger partial charge in [-0.2, -0.15) is 0 Å². The van der Waals surface area contributed by atoms with Crippen LogP contribution in [0.2, 0.25) is 0 Å². The summed E-state index contributed by atoms with van der Waals surface area (Å²) in [6.45, 7) is 1.04. The third kappa shape index (κ3) is 4.87. The predicted molar refractivity (Wildman–Crippen MR) is 92.5 cm³/mol. The lowest BCUT2D eigenvalue weighted by atomic mass is 10.2. The van der Waals surface area contributed by atoms with E-state index in [0.717, 1.165) is 18.4 Å². The molecule has 0 heterocycles. The van der Waals surface area contributed by atoms with Gasteiger partial charge in [-0.15, -0.1) is 0 Å². The zero-order valence-electron chi connectivity index (χ0n) is 13.8. The van der Waals surface area contributed by atoms with Crippen LogP contribution in [0.5, 0.6) is 0 Å². The van der Waals surface area contributed by atoms with Crippen LogP contribution < -0.4 is 16.0 Å². The Bertz CT molecular complexity index is 755. The molecule has 2 amide bonds. The van der Waals surface area contributed by atoms with Gasteiger partial charge in [0.25, 0.3) is 5.91 Å². The second kappa shape index (κ2) is 7.44. The summed E-state index contributed by atoms with van der Waals surface area (Å²) in [4.78, 5) is 24.6. The zero-order chi connectivity index (χ0) is 17.8. The van der Waals surface area contributed by atoms with E-state index in [9.17, 15) is 14.0 Å². The van der Waals surface area contributed by atoms with Gasteiger partial charge in [0.15, 0.2) is 6.54 Å². The van der Waals surface area contributed by atoms with E-state index in [0.29, 0.717) is 30.4 Å². The van der Waals surface area contributed by atoms with Crippen molar-refractivity contribution in [2.24, 2.45) is 5.73 Å². The third-order valence-electron chi connectivity index (χ3n) is 4.34. The van der Waals surface area contributed by atoms with Crippen molar-refractivity contribution in [3.8, 4) is 0 Å². The summed E-state index contributed by atoms with van der Waals surface area (Å²) in [5.74, 6) is -0.841. The normalized spacial score (nSPS) is 14.8. The van der Waals surface area contributed by atoms with E-state index in [1.54, 1.807) is 36.4 Å². The fourth-order valence-corrected chi connectivity index (χ4v) is 2.84. The van der Waals surface area contributed by atoms with Crippen LogP contribution in [0, 0.1) is 5.82 Å². The van der Waals surface area contributed by atoms with Gasteiger partial charge in [-0.05, 0) is 36.4 Å². The molecule has 0 bridgehead atoms. The monoisotopic (exact) mass is 342 g/mol. The quantitative estimate of drug-likeness (QED) is 0.705. The van der Waals surface area contributed by atoms with Gasteiger partial charge in [-0.3, -0.25) is 9.59 Å². The average molecular weight is 342 g/mol. The van der Waals surface area contributed by atoms with Gasteiger partial charge in [-0.1, -0.05) is 12.1 Å². The van der Waals surface area contributed by atoms with Crippen LogP contribution in [0.15, 0.2) is 48.5 Å². The van der Waals surface area contributed by atoms with Crippen LogP contribution in [-0.2, 0) is 11.3 Å². The SMILES string of the molecule is NC(=O)c1ccc(NC(=O)C[NH+](Cc2ccc(F)cc2)C2CC2)cc1. The first-order chi connectivity index (χ1) is 12.0. The highest BCUT2D eigenvalue weighted by atomic mass is 19.1. The topological polar surface area (TPSA) is 76.6 Å². The lowest BCUT2D eigenvalue weighted by Crippen LogP contribution is -3.13. The van der Waals surface area contributed by atoms with Crippen LogP contribution >= 0.6 is 0 Å². The number of carbonyl (C=O) groups excluding carboxylic acids is 2. The summed E-state index contributed by atoms with van der Waals surface area (Å²) in [5.41, 5.74) is 7.25. The van der Waals surface area contributed by atoms with Gasteiger partial charge < -0.3 is 16.0 Å². The number of amides is 2. The molecule has 1 aliphatic rings. The number of hydrogen-bond acceptors (Lipinski definition) is 2. The number of hydrogen-bond donors (Lipinski definition) is 3. The van der Waals surface area contributed by atoms with E-state index in [4.69, 9.17) is 5.73 Å². The molecule has 0 spiro atoms. The standard InChI is InChI=1S/C19H20FN3O2/c20-15-5-1-13(2-6-15)11-23(17-9-10-17)12-18(24)22-16-7-3-14(4-8-16)19(21)25/h1-8,17H,9-12H2,(H2,21,25)(H,22,24)/p+1. The number of benzene rings is 2. The Morgan fingerprint density at radius 2 is 1.72 bits per heavy atom. The summed E-state index contributed by atoms with van der Waals surface area (Å²) in [6.07, 6.45) is 2.22. The molecule has 130 valence electrons. The van der Waals surface area contributed by atoms with Crippen molar-refractivity contribution in [2.75, 3.05) is 11.9 Å². The van der Waals surface area contributed by atoms with Crippen molar-refractivity contribution in [3.05, 3.63) is 65.5 Å². The molecule has 0 aliphatic heterocycles. The van der Waals surface area contributed by atoms with Crippen molar-refractivity contribution in [1.82, 2.24) is 0 Å². The Hall–Kier alpha value is -2.73. The van der Waals surface area contributed by atoms with Crippen molar-refractivity contribution in [3.63, 3.8) is 0 Å². The summed E-state index contributed by atoms with van der Waals surface area (Å²) in [7, 11) is 0. The van der Waals surface area contributed by atoms with Crippen molar-refractivity contribution in [2.45, 2.75) is 25.4 Å². The lowest BCUT2D eigenvalue weighted by Gasteiger charge is -2.19. The first kappa shape index (κ1) is 17.1. The summed E-state index contributed by atoms with van der Waals surface area (Å²) in [5, 5.41) is 2.84. The molecule has 1 fully saturated rings. The Morgan fingerprint density at radius 1 is 1.08 bits per heavy atom. The molecule has 0 aromatic heterocycles. The van der Waals surface area contributed by atoms with Gasteiger partial charge in [0.05, 0.1) is 6.04 Å². The number of primary amides is 1. The van der Waals surface area contributed by atoms with Crippen LogP contribution in [0.3, 0.4) is 0 Å². The highest BCUT2D eigenvalue weighted by Crippen LogP contribution is 2.16. The minimum absolute atomic E-state index is 0.0872. The fraction of sp³-hybridized carbons (Fsp3) is 0.263. The molecular formula is C19H21FN3O2+. The number of quaternary nitrogens is 1. The van der Waals surface area contributed by atoms with Crippen molar-refractivity contribution >= 4 is 17.5 Å². The molecule has 1 atom stereocenters. The lowest BCUT2D eigenvalue weighted by molar-refractivity contribution is -0.916. The predicted octanol–water partition coefficient (Wildman–Crippen LogP) is 1.11. The average Bonchev–Trinajstić information content (AvgIpc) is 3.41. The molecular weight excluding hydrogens is 321 g/mol. The number of nitrogens with two attached hydrogens (primary N) is 1. The van der Waals surface area contributed by atoms with E-state index in [-0.39, 0.29) is 11.7 Å². The van der Waals surface area contributed by atoms with Gasteiger partial charge in [0.1, 0.15) is 12.4 Å². The maximum Gasteiger partial charge on any atom is 0.279 e. The molecule has 0 saturated heterocycles. The third-order valence-corrected chi connectivity index (χ3v) is 4.34. The van der Waals surface area contributed by atoms with Gasteiger partial charge in [0.2, 0.25) is 5.91 Å². The highest BCUT2D eigenvalue weighted by Gasteiger charge is 2.34. The van der Waals surface area contributed by atoms with Crippen LogP contribution in [0.1, 0.15) is 28.8 Å². The van der Waals surface area contributed by atoms with E-state index in [2.05, 4.69) is 5.32 Å². The van der Waals surface area contributed by atoms with E-state index >= 15 is 0 Å². The minimum atomic E-state index is -0.499. The first-order valence-corrected chi connectivity index (χ1v) is 8.30. The molecule has 0 radical (unpaired) electrons. The second-order valence-electron chi connectivity index (χ2n) is 6.40. The number of rotatable bonds is 7. The first-order valence-electron chi connectivity index (χ1n) is 8.30. The molecule has 6 heteroatoms. The van der Waals surface area contributed by atoms with E-state index in [1.807, 2.05) is 0 Å². The molecule has 4 N–H and O–H groups in total. The Kier molecular flexibility index (Phi) is 5.09. The Balaban J connectivity index is 1.59. The Labute approximate surface area is 145 Å². The molecule has 5 nitrogen and oxygen atoms in total. The fourth-order valence-electron chi connectivity index (χ4n) is 2.84. The van der Waals surface area contributed by atoms with E-state index < -0.39 is 5.91 Å². The number of anilines is 1. The van der Waals surface area contributed by atoms with Gasteiger partial charge in [-0.25, -0.2) is 4.39 Å². The smallest absolute Gasteiger partial charge is 0.279 e. The maximum absolute atomic E-state index is 13.0. The largest absolute Gasteiger partial charge is 0.366 e. The maximum atomic E-state index is 13.0.